The smallest absolute Gasteiger partial charge is 0.236 e. The minimum atomic E-state index is -0.414. The summed E-state index contributed by atoms with van der Waals surface area (Å²) in [5.74, 6) is -0.632. The minimum Gasteiger partial charge on any atom is -0.333 e. The van der Waals surface area contributed by atoms with Crippen LogP contribution in [0.2, 0.25) is 5.02 Å². The summed E-state index contributed by atoms with van der Waals surface area (Å²) >= 11 is 6.16. The molecule has 0 bridgehead atoms. The average Bonchev–Trinajstić information content (AvgIpc) is 2.49. The van der Waals surface area contributed by atoms with Crippen molar-refractivity contribution in [1.29, 1.82) is 0 Å². The Morgan fingerprint density at radius 3 is 2.52 bits per heavy atom. The summed E-state index contributed by atoms with van der Waals surface area (Å²) in [6.45, 7) is -0.0986. The zero-order chi connectivity index (χ0) is 15.4. The van der Waals surface area contributed by atoms with Crippen molar-refractivity contribution < 1.29 is 9.18 Å². The number of likely N-dealkylation sites (N-methyl/N-ethyl adjacent to an activating group) is 1. The Bertz CT molecular complexity index is 633. The van der Waals surface area contributed by atoms with Crippen LogP contribution in [0.25, 0.3) is 0 Å². The maximum atomic E-state index is 13.3. The number of nitrogens with zero attached hydrogens (tertiary/aromatic N) is 1. The second kappa shape index (κ2) is 6.70. The van der Waals surface area contributed by atoms with Crippen LogP contribution in [0.3, 0.4) is 0 Å². The molecular formula is C16H16ClFN2O. The quantitative estimate of drug-likeness (QED) is 0.944. The van der Waals surface area contributed by atoms with Gasteiger partial charge in [0.15, 0.2) is 0 Å². The Morgan fingerprint density at radius 2 is 1.95 bits per heavy atom. The molecule has 5 heteroatoms. The first-order valence-electron chi connectivity index (χ1n) is 6.50. The SMILES string of the molecule is CN(C(=O)CN)C(c1ccccc1)c1ccc(F)cc1Cl. The molecule has 0 radical (unpaired) electrons. The van der Waals surface area contributed by atoms with Gasteiger partial charge in [-0.25, -0.2) is 4.39 Å². The normalized spacial score (nSPS) is 12.0. The summed E-state index contributed by atoms with van der Waals surface area (Å²) in [4.78, 5) is 13.5. The summed E-state index contributed by atoms with van der Waals surface area (Å²) < 4.78 is 13.3. The zero-order valence-electron chi connectivity index (χ0n) is 11.6. The Morgan fingerprint density at radius 1 is 1.29 bits per heavy atom. The van der Waals surface area contributed by atoms with E-state index in [1.807, 2.05) is 30.3 Å². The highest BCUT2D eigenvalue weighted by Crippen LogP contribution is 2.32. The van der Waals surface area contributed by atoms with Crippen molar-refractivity contribution >= 4 is 17.5 Å². The molecule has 0 heterocycles. The van der Waals surface area contributed by atoms with Crippen molar-refractivity contribution in [1.82, 2.24) is 4.90 Å². The standard InChI is InChI=1S/C16H16ClFN2O/c1-20(15(21)10-19)16(11-5-3-2-4-6-11)13-8-7-12(18)9-14(13)17/h2-9,16H,10,19H2,1H3. The third kappa shape index (κ3) is 3.40. The van der Waals surface area contributed by atoms with E-state index in [1.165, 1.54) is 17.0 Å². The van der Waals surface area contributed by atoms with Crippen LogP contribution < -0.4 is 5.73 Å². The van der Waals surface area contributed by atoms with Crippen LogP contribution in [0.1, 0.15) is 17.2 Å². The Labute approximate surface area is 128 Å². The van der Waals surface area contributed by atoms with E-state index in [1.54, 1.807) is 13.1 Å². The highest BCUT2D eigenvalue weighted by molar-refractivity contribution is 6.31. The Balaban J connectivity index is 2.53. The van der Waals surface area contributed by atoms with E-state index >= 15 is 0 Å². The number of carbonyl (C=O) groups is 1. The van der Waals surface area contributed by atoms with E-state index in [0.717, 1.165) is 5.56 Å². The number of amides is 1. The fourth-order valence-corrected chi connectivity index (χ4v) is 2.53. The average molecular weight is 307 g/mol. The zero-order valence-corrected chi connectivity index (χ0v) is 12.3. The first-order chi connectivity index (χ1) is 10.0. The Kier molecular flexibility index (Phi) is 4.94. The molecule has 0 fully saturated rings. The lowest BCUT2D eigenvalue weighted by Crippen LogP contribution is -2.36. The molecule has 0 saturated heterocycles. The van der Waals surface area contributed by atoms with Gasteiger partial charge in [-0.2, -0.15) is 0 Å². The molecule has 0 aromatic heterocycles. The molecule has 0 saturated carbocycles. The van der Waals surface area contributed by atoms with Crippen molar-refractivity contribution in [3.05, 3.63) is 70.5 Å². The van der Waals surface area contributed by atoms with Gasteiger partial charge < -0.3 is 10.6 Å². The van der Waals surface area contributed by atoms with E-state index in [9.17, 15) is 9.18 Å². The fraction of sp³-hybridized carbons (Fsp3) is 0.188. The number of rotatable bonds is 4. The van der Waals surface area contributed by atoms with Crippen LogP contribution in [0, 0.1) is 5.82 Å². The monoisotopic (exact) mass is 306 g/mol. The van der Waals surface area contributed by atoms with Gasteiger partial charge in [0, 0.05) is 12.1 Å². The van der Waals surface area contributed by atoms with E-state index < -0.39 is 11.9 Å². The van der Waals surface area contributed by atoms with Crippen LogP contribution in [0.15, 0.2) is 48.5 Å². The van der Waals surface area contributed by atoms with E-state index in [-0.39, 0.29) is 17.5 Å². The van der Waals surface area contributed by atoms with Gasteiger partial charge in [-0.05, 0) is 23.3 Å². The van der Waals surface area contributed by atoms with Gasteiger partial charge in [0.1, 0.15) is 5.82 Å². The highest BCUT2D eigenvalue weighted by Gasteiger charge is 2.24. The third-order valence-corrected chi connectivity index (χ3v) is 3.66. The maximum absolute atomic E-state index is 13.3. The number of carbonyl (C=O) groups excluding carboxylic acids is 1. The van der Waals surface area contributed by atoms with Crippen LogP contribution in [0.4, 0.5) is 4.39 Å². The van der Waals surface area contributed by atoms with E-state index in [4.69, 9.17) is 17.3 Å². The molecule has 2 aromatic carbocycles. The lowest BCUT2D eigenvalue weighted by molar-refractivity contribution is -0.129. The van der Waals surface area contributed by atoms with Crippen LogP contribution in [-0.2, 0) is 4.79 Å². The van der Waals surface area contributed by atoms with Crippen LogP contribution >= 0.6 is 11.6 Å². The second-order valence-electron chi connectivity index (χ2n) is 4.69. The first-order valence-corrected chi connectivity index (χ1v) is 6.88. The van der Waals surface area contributed by atoms with Gasteiger partial charge in [0.05, 0.1) is 12.6 Å². The maximum Gasteiger partial charge on any atom is 0.236 e. The largest absolute Gasteiger partial charge is 0.333 e. The van der Waals surface area contributed by atoms with Crippen molar-refractivity contribution in [2.45, 2.75) is 6.04 Å². The summed E-state index contributed by atoms with van der Waals surface area (Å²) in [7, 11) is 1.66. The van der Waals surface area contributed by atoms with Crippen LogP contribution in [0.5, 0.6) is 0 Å². The predicted molar refractivity (Wildman–Crippen MR) is 81.5 cm³/mol. The number of hydrogen-bond donors (Lipinski definition) is 1. The van der Waals surface area contributed by atoms with Crippen molar-refractivity contribution in [3.63, 3.8) is 0 Å². The summed E-state index contributed by atoms with van der Waals surface area (Å²) in [5, 5.41) is 0.278. The lowest BCUT2D eigenvalue weighted by atomic mass is 9.97. The number of halogens is 2. The number of nitrogens with two attached hydrogens (primary N) is 1. The fourth-order valence-electron chi connectivity index (χ4n) is 2.26. The molecule has 2 N–H and O–H groups in total. The highest BCUT2D eigenvalue weighted by atomic mass is 35.5. The molecule has 3 nitrogen and oxygen atoms in total. The summed E-state index contributed by atoms with van der Waals surface area (Å²) in [6, 6.07) is 13.2. The molecule has 21 heavy (non-hydrogen) atoms. The lowest BCUT2D eigenvalue weighted by Gasteiger charge is -2.29. The minimum absolute atomic E-state index is 0.0986. The van der Waals surface area contributed by atoms with Crippen molar-refractivity contribution in [3.8, 4) is 0 Å². The van der Waals surface area contributed by atoms with Gasteiger partial charge >= 0.3 is 0 Å². The predicted octanol–water partition coefficient (Wildman–Crippen LogP) is 2.99. The second-order valence-corrected chi connectivity index (χ2v) is 5.10. The van der Waals surface area contributed by atoms with E-state index in [2.05, 4.69) is 0 Å². The molecule has 2 aromatic rings. The third-order valence-electron chi connectivity index (χ3n) is 3.33. The summed E-state index contributed by atoms with van der Waals surface area (Å²) in [6.07, 6.45) is 0. The number of benzene rings is 2. The van der Waals surface area contributed by atoms with Gasteiger partial charge in [0.25, 0.3) is 0 Å². The van der Waals surface area contributed by atoms with Crippen molar-refractivity contribution in [2.75, 3.05) is 13.6 Å². The Hall–Kier alpha value is -1.91. The number of hydrogen-bond acceptors (Lipinski definition) is 2. The molecule has 110 valence electrons. The van der Waals surface area contributed by atoms with Gasteiger partial charge in [-0.15, -0.1) is 0 Å². The molecule has 0 aliphatic carbocycles. The molecule has 1 unspecified atom stereocenters. The molecule has 1 amide bonds. The molecule has 2 rings (SSSR count). The molecule has 0 spiro atoms. The first kappa shape index (κ1) is 15.5. The topological polar surface area (TPSA) is 46.3 Å². The molecular weight excluding hydrogens is 291 g/mol. The van der Waals surface area contributed by atoms with Crippen molar-refractivity contribution in [2.24, 2.45) is 5.73 Å². The van der Waals surface area contributed by atoms with Gasteiger partial charge in [-0.1, -0.05) is 48.0 Å². The van der Waals surface area contributed by atoms with Crippen LogP contribution in [-0.4, -0.2) is 24.4 Å². The van der Waals surface area contributed by atoms with Gasteiger partial charge in [-0.3, -0.25) is 4.79 Å². The summed E-state index contributed by atoms with van der Waals surface area (Å²) in [5.41, 5.74) is 6.99. The van der Waals surface area contributed by atoms with Gasteiger partial charge in [0.2, 0.25) is 5.91 Å². The van der Waals surface area contributed by atoms with E-state index in [0.29, 0.717) is 5.56 Å². The molecule has 0 aliphatic heterocycles. The molecule has 1 atom stereocenters. The molecule has 0 aliphatic rings.